The topological polar surface area (TPSA) is 67.2 Å². The SMILES string of the molecule is Cn1c(CN2CCNCC2)nc2c(S(C)(=O)=O)cccc21. The predicted octanol–water partition coefficient (Wildman–Crippen LogP) is 0.382. The number of benzene rings is 1. The minimum atomic E-state index is -3.27. The van der Waals surface area contributed by atoms with Crippen LogP contribution in [-0.4, -0.2) is 55.3 Å². The molecule has 0 amide bonds. The third kappa shape index (κ3) is 2.81. The molecule has 0 radical (unpaired) electrons. The van der Waals surface area contributed by atoms with E-state index in [4.69, 9.17) is 0 Å². The van der Waals surface area contributed by atoms with Crippen molar-refractivity contribution >= 4 is 20.9 Å². The Morgan fingerprint density at radius 3 is 2.67 bits per heavy atom. The zero-order valence-electron chi connectivity index (χ0n) is 12.3. The van der Waals surface area contributed by atoms with Gasteiger partial charge in [-0.25, -0.2) is 13.4 Å². The first kappa shape index (κ1) is 14.5. The Morgan fingerprint density at radius 1 is 1.29 bits per heavy atom. The normalized spacial score (nSPS) is 17.4. The van der Waals surface area contributed by atoms with E-state index in [1.54, 1.807) is 12.1 Å². The highest BCUT2D eigenvalue weighted by Gasteiger charge is 2.19. The van der Waals surface area contributed by atoms with Gasteiger partial charge in [-0.15, -0.1) is 0 Å². The van der Waals surface area contributed by atoms with E-state index in [0.29, 0.717) is 10.4 Å². The molecular formula is C14H20N4O2S. The molecule has 114 valence electrons. The molecule has 0 aliphatic carbocycles. The van der Waals surface area contributed by atoms with Crippen LogP contribution in [0.15, 0.2) is 23.1 Å². The minimum Gasteiger partial charge on any atom is -0.330 e. The summed E-state index contributed by atoms with van der Waals surface area (Å²) in [6.07, 6.45) is 1.23. The third-order valence-corrected chi connectivity index (χ3v) is 5.07. The number of fused-ring (bicyclic) bond motifs is 1. The summed E-state index contributed by atoms with van der Waals surface area (Å²) < 4.78 is 25.8. The van der Waals surface area contributed by atoms with Gasteiger partial charge in [0.15, 0.2) is 9.84 Å². The van der Waals surface area contributed by atoms with Crippen molar-refractivity contribution in [2.45, 2.75) is 11.4 Å². The summed E-state index contributed by atoms with van der Waals surface area (Å²) in [4.78, 5) is 7.23. The molecule has 3 rings (SSSR count). The average molecular weight is 308 g/mol. The van der Waals surface area contributed by atoms with Crippen molar-refractivity contribution < 1.29 is 8.42 Å². The molecule has 1 saturated heterocycles. The fourth-order valence-electron chi connectivity index (χ4n) is 2.75. The molecular weight excluding hydrogens is 288 g/mol. The van der Waals surface area contributed by atoms with Gasteiger partial charge in [-0.3, -0.25) is 4.90 Å². The van der Waals surface area contributed by atoms with Crippen molar-refractivity contribution in [3.05, 3.63) is 24.0 Å². The van der Waals surface area contributed by atoms with E-state index >= 15 is 0 Å². The van der Waals surface area contributed by atoms with E-state index in [0.717, 1.165) is 44.1 Å². The van der Waals surface area contributed by atoms with Gasteiger partial charge in [0, 0.05) is 39.5 Å². The maximum Gasteiger partial charge on any atom is 0.177 e. The first-order chi connectivity index (χ1) is 9.97. The summed E-state index contributed by atoms with van der Waals surface area (Å²) in [5.74, 6) is 0.906. The molecule has 1 fully saturated rings. The molecule has 0 spiro atoms. The van der Waals surface area contributed by atoms with Crippen LogP contribution >= 0.6 is 0 Å². The van der Waals surface area contributed by atoms with Crippen LogP contribution < -0.4 is 5.32 Å². The molecule has 2 aromatic rings. The van der Waals surface area contributed by atoms with Gasteiger partial charge in [-0.1, -0.05) is 6.07 Å². The maximum absolute atomic E-state index is 11.9. The molecule has 7 heteroatoms. The number of nitrogens with zero attached hydrogens (tertiary/aromatic N) is 3. The summed E-state index contributed by atoms with van der Waals surface area (Å²) in [6.45, 7) is 4.69. The number of nitrogens with one attached hydrogen (secondary N) is 1. The van der Waals surface area contributed by atoms with Crippen LogP contribution in [-0.2, 0) is 23.4 Å². The first-order valence-corrected chi connectivity index (χ1v) is 8.93. The highest BCUT2D eigenvalue weighted by Crippen LogP contribution is 2.23. The molecule has 2 heterocycles. The van der Waals surface area contributed by atoms with Gasteiger partial charge in [0.2, 0.25) is 0 Å². The Balaban J connectivity index is 2.03. The lowest BCUT2D eigenvalue weighted by Crippen LogP contribution is -2.43. The van der Waals surface area contributed by atoms with E-state index in [-0.39, 0.29) is 0 Å². The van der Waals surface area contributed by atoms with E-state index in [1.165, 1.54) is 6.26 Å². The number of hydrogen-bond acceptors (Lipinski definition) is 5. The number of piperazine rings is 1. The Kier molecular flexibility index (Phi) is 3.73. The second kappa shape index (κ2) is 5.40. The van der Waals surface area contributed by atoms with Crippen LogP contribution in [0, 0.1) is 0 Å². The summed E-state index contributed by atoms with van der Waals surface area (Å²) in [7, 11) is -1.32. The van der Waals surface area contributed by atoms with Crippen LogP contribution in [0.25, 0.3) is 11.0 Å². The lowest BCUT2D eigenvalue weighted by molar-refractivity contribution is 0.226. The molecule has 1 aromatic carbocycles. The molecule has 0 bridgehead atoms. The predicted molar refractivity (Wildman–Crippen MR) is 82.0 cm³/mol. The average Bonchev–Trinajstić information content (AvgIpc) is 2.76. The van der Waals surface area contributed by atoms with Crippen LogP contribution in [0.3, 0.4) is 0 Å². The highest BCUT2D eigenvalue weighted by atomic mass is 32.2. The van der Waals surface area contributed by atoms with Gasteiger partial charge in [-0.05, 0) is 12.1 Å². The Hall–Kier alpha value is -1.44. The number of aromatic nitrogens is 2. The van der Waals surface area contributed by atoms with Crippen molar-refractivity contribution in [3.8, 4) is 0 Å². The fourth-order valence-corrected chi connectivity index (χ4v) is 3.57. The largest absolute Gasteiger partial charge is 0.330 e. The van der Waals surface area contributed by atoms with Crippen LogP contribution in [0.2, 0.25) is 0 Å². The zero-order valence-corrected chi connectivity index (χ0v) is 13.2. The van der Waals surface area contributed by atoms with Gasteiger partial charge in [0.25, 0.3) is 0 Å². The Bertz CT molecular complexity index is 761. The number of hydrogen-bond donors (Lipinski definition) is 1. The molecule has 6 nitrogen and oxygen atoms in total. The first-order valence-electron chi connectivity index (χ1n) is 7.04. The molecule has 21 heavy (non-hydrogen) atoms. The van der Waals surface area contributed by atoms with Gasteiger partial charge >= 0.3 is 0 Å². The quantitative estimate of drug-likeness (QED) is 0.888. The second-order valence-corrected chi connectivity index (χ2v) is 7.49. The fraction of sp³-hybridized carbons (Fsp3) is 0.500. The number of imidazole rings is 1. The lowest BCUT2D eigenvalue weighted by Gasteiger charge is -2.26. The number of rotatable bonds is 3. The van der Waals surface area contributed by atoms with Crippen molar-refractivity contribution in [2.24, 2.45) is 7.05 Å². The second-order valence-electron chi connectivity index (χ2n) is 5.51. The van der Waals surface area contributed by atoms with Crippen LogP contribution in [0.4, 0.5) is 0 Å². The van der Waals surface area contributed by atoms with Crippen molar-refractivity contribution in [1.82, 2.24) is 19.8 Å². The smallest absolute Gasteiger partial charge is 0.177 e. The minimum absolute atomic E-state index is 0.308. The molecule has 0 atom stereocenters. The van der Waals surface area contributed by atoms with Gasteiger partial charge in [-0.2, -0.15) is 0 Å². The monoisotopic (exact) mass is 308 g/mol. The third-order valence-electron chi connectivity index (χ3n) is 3.94. The molecule has 1 N–H and O–H groups in total. The number of para-hydroxylation sites is 1. The molecule has 1 aliphatic rings. The van der Waals surface area contributed by atoms with Crippen molar-refractivity contribution in [3.63, 3.8) is 0 Å². The van der Waals surface area contributed by atoms with E-state index in [2.05, 4.69) is 15.2 Å². The highest BCUT2D eigenvalue weighted by molar-refractivity contribution is 7.91. The van der Waals surface area contributed by atoms with E-state index in [9.17, 15) is 8.42 Å². The maximum atomic E-state index is 11.9. The summed E-state index contributed by atoms with van der Waals surface area (Å²) >= 11 is 0. The molecule has 0 unspecified atom stereocenters. The van der Waals surface area contributed by atoms with Gasteiger partial charge < -0.3 is 9.88 Å². The standard InChI is InChI=1S/C14H20N4O2S/c1-17-11-4-3-5-12(21(2,19)20)14(11)16-13(17)10-18-8-6-15-7-9-18/h3-5,15H,6-10H2,1-2H3. The Labute approximate surface area is 124 Å². The number of aryl methyl sites for hydroxylation is 1. The van der Waals surface area contributed by atoms with Crippen LogP contribution in [0.5, 0.6) is 0 Å². The van der Waals surface area contributed by atoms with Crippen LogP contribution in [0.1, 0.15) is 5.82 Å². The van der Waals surface area contributed by atoms with E-state index < -0.39 is 9.84 Å². The van der Waals surface area contributed by atoms with Crippen molar-refractivity contribution in [2.75, 3.05) is 32.4 Å². The Morgan fingerprint density at radius 2 is 2.00 bits per heavy atom. The molecule has 1 aliphatic heterocycles. The molecule has 0 saturated carbocycles. The van der Waals surface area contributed by atoms with Gasteiger partial charge in [0.1, 0.15) is 11.3 Å². The zero-order chi connectivity index (χ0) is 15.0. The van der Waals surface area contributed by atoms with Crippen molar-refractivity contribution in [1.29, 1.82) is 0 Å². The summed E-state index contributed by atoms with van der Waals surface area (Å²) in [5.41, 5.74) is 1.44. The summed E-state index contributed by atoms with van der Waals surface area (Å²) in [5, 5.41) is 3.32. The molecule has 1 aromatic heterocycles. The number of sulfone groups is 1. The summed E-state index contributed by atoms with van der Waals surface area (Å²) in [6, 6.07) is 5.31. The van der Waals surface area contributed by atoms with Gasteiger partial charge in [0.05, 0.1) is 17.0 Å². The van der Waals surface area contributed by atoms with E-state index in [1.807, 2.05) is 17.7 Å². The lowest BCUT2D eigenvalue weighted by atomic mass is 10.3.